The summed E-state index contributed by atoms with van der Waals surface area (Å²) in [6.45, 7) is 8.30. The topological polar surface area (TPSA) is 69.0 Å². The second-order valence-corrected chi connectivity index (χ2v) is 8.95. The monoisotopic (exact) mass is 428 g/mol. The van der Waals surface area contributed by atoms with E-state index >= 15 is 0 Å². The number of carbonyl (C=O) groups excluding carboxylic acids is 1. The summed E-state index contributed by atoms with van der Waals surface area (Å²) in [6.07, 6.45) is 0. The fraction of sp³-hybridized carbons (Fsp3) is 0.269. The zero-order valence-electron chi connectivity index (χ0n) is 19.4. The Hall–Kier alpha value is -3.67. The third-order valence-electron chi connectivity index (χ3n) is 5.60. The first-order chi connectivity index (χ1) is 15.2. The van der Waals surface area contributed by atoms with Gasteiger partial charge in [0.25, 0.3) is 5.91 Å². The van der Waals surface area contributed by atoms with Crippen LogP contribution >= 0.6 is 0 Å². The molecule has 0 saturated carbocycles. The number of pyridine rings is 1. The summed E-state index contributed by atoms with van der Waals surface area (Å²) < 4.78 is 7.23. The second-order valence-electron chi connectivity index (χ2n) is 8.95. The van der Waals surface area contributed by atoms with E-state index in [-0.39, 0.29) is 11.3 Å². The summed E-state index contributed by atoms with van der Waals surface area (Å²) in [7, 11) is 3.44. The van der Waals surface area contributed by atoms with Gasteiger partial charge in [0.15, 0.2) is 5.65 Å². The van der Waals surface area contributed by atoms with Crippen LogP contribution in [-0.2, 0) is 12.5 Å². The van der Waals surface area contributed by atoms with Gasteiger partial charge in [-0.3, -0.25) is 9.48 Å². The minimum atomic E-state index is -0.227. The number of methoxy groups -OCH3 is 1. The van der Waals surface area contributed by atoms with Crippen LogP contribution in [0, 0.1) is 6.92 Å². The van der Waals surface area contributed by atoms with E-state index < -0.39 is 0 Å². The van der Waals surface area contributed by atoms with Crippen molar-refractivity contribution >= 4 is 22.6 Å². The highest BCUT2D eigenvalue weighted by atomic mass is 16.5. The quantitative estimate of drug-likeness (QED) is 0.466. The third-order valence-corrected chi connectivity index (χ3v) is 5.60. The van der Waals surface area contributed by atoms with Crippen LogP contribution in [0.25, 0.3) is 22.3 Å². The summed E-state index contributed by atoms with van der Waals surface area (Å²) >= 11 is 0. The van der Waals surface area contributed by atoms with Gasteiger partial charge in [0, 0.05) is 12.6 Å². The van der Waals surface area contributed by atoms with Crippen LogP contribution in [-0.4, -0.2) is 27.8 Å². The van der Waals surface area contributed by atoms with Gasteiger partial charge in [0.05, 0.1) is 35.1 Å². The highest BCUT2D eigenvalue weighted by Gasteiger charge is 2.22. The van der Waals surface area contributed by atoms with Crippen LogP contribution in [0.5, 0.6) is 5.75 Å². The predicted octanol–water partition coefficient (Wildman–Crippen LogP) is 5.50. The van der Waals surface area contributed by atoms with Crippen molar-refractivity contribution in [3.8, 4) is 17.0 Å². The van der Waals surface area contributed by atoms with E-state index in [1.165, 1.54) is 0 Å². The van der Waals surface area contributed by atoms with Crippen molar-refractivity contribution < 1.29 is 9.53 Å². The van der Waals surface area contributed by atoms with Crippen molar-refractivity contribution in [2.45, 2.75) is 33.1 Å². The molecule has 32 heavy (non-hydrogen) atoms. The Morgan fingerprint density at radius 3 is 2.44 bits per heavy atom. The molecule has 2 aromatic carbocycles. The SMILES string of the molecule is COc1ccc(C(C)(C)C)cc1NC(=O)c1cc(-c2ccccc2)nc2c1c(C)nn2C. The normalized spacial score (nSPS) is 11.6. The van der Waals surface area contributed by atoms with Gasteiger partial charge < -0.3 is 10.1 Å². The van der Waals surface area contributed by atoms with Crippen LogP contribution in [0.1, 0.15) is 42.4 Å². The second kappa shape index (κ2) is 8.11. The number of carbonyl (C=O) groups is 1. The lowest BCUT2D eigenvalue weighted by Gasteiger charge is -2.21. The Kier molecular flexibility index (Phi) is 5.46. The Morgan fingerprint density at radius 2 is 1.78 bits per heavy atom. The summed E-state index contributed by atoms with van der Waals surface area (Å²) in [5.74, 6) is 0.387. The van der Waals surface area contributed by atoms with Crippen molar-refractivity contribution in [3.63, 3.8) is 0 Å². The molecule has 4 rings (SSSR count). The number of hydrogen-bond acceptors (Lipinski definition) is 4. The number of fused-ring (bicyclic) bond motifs is 1. The molecule has 0 aliphatic rings. The van der Waals surface area contributed by atoms with E-state index in [1.807, 2.05) is 68.6 Å². The fourth-order valence-electron chi connectivity index (χ4n) is 3.84. The summed E-state index contributed by atoms with van der Waals surface area (Å²) in [4.78, 5) is 18.4. The minimum absolute atomic E-state index is 0.0594. The molecule has 0 aliphatic heterocycles. The predicted molar refractivity (Wildman–Crippen MR) is 128 cm³/mol. The summed E-state index contributed by atoms with van der Waals surface area (Å²) in [5, 5.41) is 8.32. The van der Waals surface area contributed by atoms with E-state index in [4.69, 9.17) is 9.72 Å². The summed E-state index contributed by atoms with van der Waals surface area (Å²) in [6, 6.07) is 17.6. The van der Waals surface area contributed by atoms with Crippen LogP contribution in [0.4, 0.5) is 5.69 Å². The van der Waals surface area contributed by atoms with Gasteiger partial charge in [-0.15, -0.1) is 0 Å². The zero-order valence-corrected chi connectivity index (χ0v) is 19.4. The first-order valence-electron chi connectivity index (χ1n) is 10.6. The number of anilines is 1. The molecule has 0 aliphatic carbocycles. The van der Waals surface area contributed by atoms with Crippen molar-refractivity contribution in [3.05, 3.63) is 71.4 Å². The maximum atomic E-state index is 13.6. The van der Waals surface area contributed by atoms with Gasteiger partial charge in [-0.2, -0.15) is 5.10 Å². The number of benzene rings is 2. The number of aromatic nitrogens is 3. The fourth-order valence-corrected chi connectivity index (χ4v) is 3.84. The molecular formula is C26H28N4O2. The van der Waals surface area contributed by atoms with Gasteiger partial charge in [0.1, 0.15) is 5.75 Å². The Bertz CT molecular complexity index is 1300. The lowest BCUT2D eigenvalue weighted by Crippen LogP contribution is -2.16. The molecule has 2 aromatic heterocycles. The molecule has 0 spiro atoms. The molecule has 4 aromatic rings. The van der Waals surface area contributed by atoms with Gasteiger partial charge >= 0.3 is 0 Å². The number of ether oxygens (including phenoxy) is 1. The maximum absolute atomic E-state index is 13.6. The molecule has 6 nitrogen and oxygen atoms in total. The number of aryl methyl sites for hydroxylation is 2. The lowest BCUT2D eigenvalue weighted by molar-refractivity contribution is 0.102. The first-order valence-corrected chi connectivity index (χ1v) is 10.6. The number of nitrogens with zero attached hydrogens (tertiary/aromatic N) is 3. The largest absolute Gasteiger partial charge is 0.495 e. The van der Waals surface area contributed by atoms with Crippen LogP contribution in [0.15, 0.2) is 54.6 Å². The zero-order chi connectivity index (χ0) is 23.0. The highest BCUT2D eigenvalue weighted by molar-refractivity contribution is 6.13. The van der Waals surface area contributed by atoms with E-state index in [0.29, 0.717) is 22.6 Å². The van der Waals surface area contributed by atoms with Gasteiger partial charge in [-0.25, -0.2) is 4.98 Å². The molecule has 0 unspecified atom stereocenters. The summed E-state index contributed by atoms with van der Waals surface area (Å²) in [5.41, 5.74) is 5.31. The molecular weight excluding hydrogens is 400 g/mol. The maximum Gasteiger partial charge on any atom is 0.256 e. The standard InChI is InChI=1S/C26H28N4O2/c1-16-23-19(15-20(17-10-8-7-9-11-17)27-24(23)30(5)29-16)25(31)28-21-14-18(26(2,3)4)12-13-22(21)32-6/h7-15H,1-6H3,(H,28,31). The van der Waals surface area contributed by atoms with Crippen molar-refractivity contribution in [1.82, 2.24) is 14.8 Å². The minimum Gasteiger partial charge on any atom is -0.495 e. The van der Waals surface area contributed by atoms with Crippen LogP contribution in [0.2, 0.25) is 0 Å². The van der Waals surface area contributed by atoms with E-state index in [1.54, 1.807) is 11.8 Å². The van der Waals surface area contributed by atoms with Crippen LogP contribution < -0.4 is 10.1 Å². The molecule has 1 N–H and O–H groups in total. The van der Waals surface area contributed by atoms with Gasteiger partial charge in [-0.1, -0.05) is 57.2 Å². The Balaban J connectivity index is 1.84. The van der Waals surface area contributed by atoms with E-state index in [0.717, 1.165) is 27.9 Å². The Labute approximate surface area is 188 Å². The number of amides is 1. The number of rotatable bonds is 4. The average Bonchev–Trinajstić information content (AvgIpc) is 3.06. The van der Waals surface area contributed by atoms with Crippen molar-refractivity contribution in [1.29, 1.82) is 0 Å². The molecule has 1 amide bonds. The lowest BCUT2D eigenvalue weighted by atomic mass is 9.87. The molecule has 6 heteroatoms. The van der Waals surface area contributed by atoms with Crippen molar-refractivity contribution in [2.24, 2.45) is 7.05 Å². The average molecular weight is 429 g/mol. The molecule has 164 valence electrons. The number of nitrogens with one attached hydrogen (secondary N) is 1. The van der Waals surface area contributed by atoms with Crippen LogP contribution in [0.3, 0.4) is 0 Å². The van der Waals surface area contributed by atoms with E-state index in [2.05, 4.69) is 31.2 Å². The molecule has 0 saturated heterocycles. The van der Waals surface area contributed by atoms with E-state index in [9.17, 15) is 4.79 Å². The molecule has 2 heterocycles. The molecule has 0 atom stereocenters. The van der Waals surface area contributed by atoms with Gasteiger partial charge in [-0.05, 0) is 36.1 Å². The van der Waals surface area contributed by atoms with Crippen molar-refractivity contribution in [2.75, 3.05) is 12.4 Å². The first kappa shape index (κ1) is 21.6. The molecule has 0 radical (unpaired) electrons. The number of hydrogen-bond donors (Lipinski definition) is 1. The third kappa shape index (κ3) is 3.96. The molecule has 0 bridgehead atoms. The smallest absolute Gasteiger partial charge is 0.256 e. The molecule has 0 fully saturated rings. The highest BCUT2D eigenvalue weighted by Crippen LogP contribution is 2.33. The Morgan fingerprint density at radius 1 is 1.06 bits per heavy atom. The van der Waals surface area contributed by atoms with Gasteiger partial charge in [0.2, 0.25) is 0 Å².